The zero-order valence-corrected chi connectivity index (χ0v) is 10.6. The van der Waals surface area contributed by atoms with Gasteiger partial charge in [0.05, 0.1) is 13.2 Å². The van der Waals surface area contributed by atoms with Crippen LogP contribution in [0, 0.1) is 0 Å². The molecule has 0 radical (unpaired) electrons. The minimum atomic E-state index is 0.210. The summed E-state index contributed by atoms with van der Waals surface area (Å²) in [6.07, 6.45) is 1.06. The molecule has 17 heavy (non-hydrogen) atoms. The van der Waals surface area contributed by atoms with E-state index in [4.69, 9.17) is 9.84 Å². The fraction of sp³-hybridized carbons (Fsp3) is 0.571. The van der Waals surface area contributed by atoms with Crippen LogP contribution in [0.15, 0.2) is 24.3 Å². The molecule has 1 aliphatic heterocycles. The van der Waals surface area contributed by atoms with Gasteiger partial charge in [0, 0.05) is 18.5 Å². The number of fused-ring (bicyclic) bond motifs is 1. The summed E-state index contributed by atoms with van der Waals surface area (Å²) in [6, 6.07) is 8.48. The van der Waals surface area contributed by atoms with Gasteiger partial charge in [-0.2, -0.15) is 0 Å². The van der Waals surface area contributed by atoms with Crippen molar-refractivity contribution in [1.82, 2.24) is 4.90 Å². The molecule has 0 bridgehead atoms. The molecule has 1 aromatic carbocycles. The van der Waals surface area contributed by atoms with Crippen LogP contribution in [0.5, 0.6) is 5.75 Å². The van der Waals surface area contributed by atoms with Gasteiger partial charge >= 0.3 is 0 Å². The van der Waals surface area contributed by atoms with Crippen molar-refractivity contribution in [2.24, 2.45) is 0 Å². The third-order valence-electron chi connectivity index (χ3n) is 3.61. The maximum Gasteiger partial charge on any atom is 0.122 e. The topological polar surface area (TPSA) is 32.7 Å². The van der Waals surface area contributed by atoms with Crippen LogP contribution < -0.4 is 4.74 Å². The van der Waals surface area contributed by atoms with Crippen molar-refractivity contribution in [3.8, 4) is 5.75 Å². The van der Waals surface area contributed by atoms with Crippen LogP contribution >= 0.6 is 0 Å². The maximum atomic E-state index is 9.16. The Balaban J connectivity index is 2.08. The summed E-state index contributed by atoms with van der Waals surface area (Å²) in [6.45, 7) is 4.03. The number of benzene rings is 1. The van der Waals surface area contributed by atoms with Crippen LogP contribution in [0.4, 0.5) is 0 Å². The van der Waals surface area contributed by atoms with Crippen molar-refractivity contribution in [1.29, 1.82) is 0 Å². The van der Waals surface area contributed by atoms with Crippen LogP contribution in [0.3, 0.4) is 0 Å². The first kappa shape index (κ1) is 12.4. The Bertz CT molecular complexity index is 367. The second-order valence-electron chi connectivity index (χ2n) is 4.84. The summed E-state index contributed by atoms with van der Waals surface area (Å²) >= 11 is 0. The van der Waals surface area contributed by atoms with Crippen LogP contribution in [0.25, 0.3) is 0 Å². The highest BCUT2D eigenvalue weighted by molar-refractivity contribution is 5.37. The highest BCUT2D eigenvalue weighted by atomic mass is 16.5. The second-order valence-corrected chi connectivity index (χ2v) is 4.84. The van der Waals surface area contributed by atoms with Gasteiger partial charge in [-0.1, -0.05) is 18.2 Å². The average Bonchev–Trinajstić information content (AvgIpc) is 2.38. The maximum absolute atomic E-state index is 9.16. The molecule has 0 fully saturated rings. The van der Waals surface area contributed by atoms with Gasteiger partial charge in [0.2, 0.25) is 0 Å². The molecule has 94 valence electrons. The molecule has 1 N–H and O–H groups in total. The Kier molecular flexibility index (Phi) is 4.02. The summed E-state index contributed by atoms with van der Waals surface area (Å²) < 4.78 is 5.65. The molecule has 0 spiro atoms. The molecule has 0 aromatic heterocycles. The predicted molar refractivity (Wildman–Crippen MR) is 68.5 cm³/mol. The number of para-hydroxylation sites is 1. The molecule has 0 saturated heterocycles. The van der Waals surface area contributed by atoms with E-state index in [-0.39, 0.29) is 12.6 Å². The molecule has 0 amide bonds. The lowest BCUT2D eigenvalue weighted by Crippen LogP contribution is -2.36. The van der Waals surface area contributed by atoms with Gasteiger partial charge in [0.15, 0.2) is 0 Å². The number of likely N-dealkylation sites (N-methyl/N-ethyl adjacent to an activating group) is 1. The number of nitrogens with zero attached hydrogens (tertiary/aromatic N) is 1. The molecule has 3 nitrogen and oxygen atoms in total. The Morgan fingerprint density at radius 3 is 3.00 bits per heavy atom. The van der Waals surface area contributed by atoms with E-state index in [1.165, 1.54) is 5.56 Å². The third-order valence-corrected chi connectivity index (χ3v) is 3.61. The molecule has 0 aliphatic carbocycles. The molecule has 1 aliphatic rings. The summed E-state index contributed by atoms with van der Waals surface area (Å²) in [5.41, 5.74) is 1.30. The fourth-order valence-electron chi connectivity index (χ4n) is 2.27. The van der Waals surface area contributed by atoms with E-state index in [1.807, 2.05) is 19.1 Å². The van der Waals surface area contributed by atoms with Crippen LogP contribution in [0.1, 0.15) is 24.8 Å². The number of ether oxygens (including phenoxy) is 1. The molecule has 2 atom stereocenters. The Morgan fingerprint density at radius 2 is 2.24 bits per heavy atom. The minimum Gasteiger partial charge on any atom is -0.493 e. The van der Waals surface area contributed by atoms with Crippen molar-refractivity contribution in [3.63, 3.8) is 0 Å². The lowest BCUT2D eigenvalue weighted by atomic mass is 9.92. The van der Waals surface area contributed by atoms with Crippen molar-refractivity contribution in [2.75, 3.05) is 26.8 Å². The molecule has 0 saturated carbocycles. The van der Waals surface area contributed by atoms with Gasteiger partial charge in [0.1, 0.15) is 5.75 Å². The first-order valence-electron chi connectivity index (χ1n) is 6.25. The first-order chi connectivity index (χ1) is 8.22. The van der Waals surface area contributed by atoms with E-state index >= 15 is 0 Å². The van der Waals surface area contributed by atoms with Crippen LogP contribution in [-0.4, -0.2) is 42.9 Å². The smallest absolute Gasteiger partial charge is 0.122 e. The third kappa shape index (κ3) is 2.79. The summed E-state index contributed by atoms with van der Waals surface area (Å²) in [5.74, 6) is 1.53. The number of hydrogen-bond acceptors (Lipinski definition) is 3. The molecule has 2 rings (SSSR count). The predicted octanol–water partition coefficient (Wildman–Crippen LogP) is 1.87. The van der Waals surface area contributed by atoms with Gasteiger partial charge in [0.25, 0.3) is 0 Å². The van der Waals surface area contributed by atoms with E-state index in [0.717, 1.165) is 25.3 Å². The molecule has 1 aromatic rings. The van der Waals surface area contributed by atoms with Gasteiger partial charge in [-0.15, -0.1) is 0 Å². The Labute approximate surface area is 103 Å². The highest BCUT2D eigenvalue weighted by Crippen LogP contribution is 2.33. The molecular formula is C14H21NO2. The van der Waals surface area contributed by atoms with Crippen molar-refractivity contribution in [2.45, 2.75) is 25.3 Å². The van der Waals surface area contributed by atoms with Gasteiger partial charge in [-0.3, -0.25) is 0 Å². The van der Waals surface area contributed by atoms with Crippen LogP contribution in [0.2, 0.25) is 0 Å². The molecule has 3 heteroatoms. The monoisotopic (exact) mass is 235 g/mol. The van der Waals surface area contributed by atoms with E-state index < -0.39 is 0 Å². The molecule has 2 unspecified atom stereocenters. The quantitative estimate of drug-likeness (QED) is 0.864. The fourth-order valence-corrected chi connectivity index (χ4v) is 2.27. The van der Waals surface area contributed by atoms with Crippen molar-refractivity contribution < 1.29 is 9.84 Å². The Hall–Kier alpha value is -1.06. The van der Waals surface area contributed by atoms with E-state index in [2.05, 4.69) is 24.1 Å². The van der Waals surface area contributed by atoms with Gasteiger partial charge in [-0.05, 0) is 32.0 Å². The lowest BCUT2D eigenvalue weighted by molar-refractivity contribution is 0.143. The van der Waals surface area contributed by atoms with Crippen LogP contribution in [-0.2, 0) is 0 Å². The zero-order chi connectivity index (χ0) is 12.3. The number of aliphatic hydroxyl groups excluding tert-OH is 1. The molecular weight excluding hydrogens is 214 g/mol. The average molecular weight is 235 g/mol. The summed E-state index contributed by atoms with van der Waals surface area (Å²) in [5, 5.41) is 9.16. The number of aliphatic hydroxyl groups is 1. The van der Waals surface area contributed by atoms with E-state index in [9.17, 15) is 0 Å². The summed E-state index contributed by atoms with van der Waals surface area (Å²) in [7, 11) is 2.07. The SMILES string of the molecule is CC(CO)N(C)CC1CCOc2ccccc21. The zero-order valence-electron chi connectivity index (χ0n) is 10.6. The first-order valence-corrected chi connectivity index (χ1v) is 6.25. The number of rotatable bonds is 4. The van der Waals surface area contributed by atoms with E-state index in [0.29, 0.717) is 5.92 Å². The van der Waals surface area contributed by atoms with Crippen molar-refractivity contribution in [3.05, 3.63) is 29.8 Å². The largest absolute Gasteiger partial charge is 0.493 e. The lowest BCUT2D eigenvalue weighted by Gasteiger charge is -2.31. The normalized spacial score (nSPS) is 20.8. The Morgan fingerprint density at radius 1 is 1.47 bits per heavy atom. The standard InChI is InChI=1S/C14H21NO2/c1-11(10-16)15(2)9-12-7-8-17-14-6-4-3-5-13(12)14/h3-6,11-12,16H,7-10H2,1-2H3. The second kappa shape index (κ2) is 5.52. The highest BCUT2D eigenvalue weighted by Gasteiger charge is 2.23. The number of hydrogen-bond donors (Lipinski definition) is 1. The minimum absolute atomic E-state index is 0.210. The van der Waals surface area contributed by atoms with Gasteiger partial charge in [-0.25, -0.2) is 0 Å². The van der Waals surface area contributed by atoms with Gasteiger partial charge < -0.3 is 14.7 Å². The van der Waals surface area contributed by atoms with E-state index in [1.54, 1.807) is 0 Å². The van der Waals surface area contributed by atoms with Crippen molar-refractivity contribution >= 4 is 0 Å². The summed E-state index contributed by atoms with van der Waals surface area (Å²) in [4.78, 5) is 2.22. The molecule has 1 heterocycles.